The number of amides is 1. The van der Waals surface area contributed by atoms with Crippen molar-refractivity contribution in [3.8, 4) is 0 Å². The lowest BCUT2D eigenvalue weighted by Crippen LogP contribution is -2.69. The molecule has 2 atom stereocenters. The van der Waals surface area contributed by atoms with E-state index in [1.54, 1.807) is 18.9 Å². The molecule has 1 amide bonds. The van der Waals surface area contributed by atoms with E-state index in [1.165, 1.54) is 10.5 Å². The van der Waals surface area contributed by atoms with Crippen molar-refractivity contribution in [1.29, 1.82) is 0 Å². The quantitative estimate of drug-likeness (QED) is 0.849. The minimum atomic E-state index is -0.305. The Balaban J connectivity index is 1.55. The molecule has 132 valence electrons. The third-order valence-electron chi connectivity index (χ3n) is 6.18. The number of rotatable bonds is 4. The van der Waals surface area contributed by atoms with E-state index in [1.807, 2.05) is 17.0 Å². The normalized spacial score (nSPS) is 28.7. The molecule has 3 rings (SSSR count). The standard InChI is InChI=1S/C19H27NO3S/c1-14-6-4-5-7-15(14)24-13-17(22)20-10-8-19(9-11-20)16(21)12-18(19,2)23-3/h4-7,16,21H,8-13H2,1-3H3/t16-,18+/m1/s1. The number of likely N-dealkylation sites (tertiary alicyclic amines) is 1. The molecule has 1 saturated carbocycles. The highest BCUT2D eigenvalue weighted by Gasteiger charge is 2.63. The van der Waals surface area contributed by atoms with Crippen LogP contribution in [0.15, 0.2) is 29.2 Å². The van der Waals surface area contributed by atoms with E-state index < -0.39 is 0 Å². The summed E-state index contributed by atoms with van der Waals surface area (Å²) in [4.78, 5) is 15.6. The predicted molar refractivity (Wildman–Crippen MR) is 96.2 cm³/mol. The van der Waals surface area contributed by atoms with Crippen LogP contribution in [0.1, 0.15) is 31.7 Å². The van der Waals surface area contributed by atoms with Gasteiger partial charge in [0.05, 0.1) is 17.5 Å². The second-order valence-electron chi connectivity index (χ2n) is 7.25. The molecule has 4 nitrogen and oxygen atoms in total. The summed E-state index contributed by atoms with van der Waals surface area (Å²) in [6.45, 7) is 5.58. The molecule has 1 saturated heterocycles. The van der Waals surface area contributed by atoms with Crippen molar-refractivity contribution in [1.82, 2.24) is 4.90 Å². The molecule has 0 unspecified atom stereocenters. The van der Waals surface area contributed by atoms with Crippen LogP contribution in [-0.4, -0.2) is 53.6 Å². The first-order valence-electron chi connectivity index (χ1n) is 8.61. The van der Waals surface area contributed by atoms with E-state index in [4.69, 9.17) is 4.74 Å². The number of benzene rings is 1. The summed E-state index contributed by atoms with van der Waals surface area (Å²) in [7, 11) is 1.73. The van der Waals surface area contributed by atoms with Gasteiger partial charge in [-0.1, -0.05) is 18.2 Å². The molecule has 0 bridgehead atoms. The Bertz CT molecular complexity index is 612. The van der Waals surface area contributed by atoms with Gasteiger partial charge in [-0.2, -0.15) is 0 Å². The average Bonchev–Trinajstić information content (AvgIpc) is 2.60. The Morgan fingerprint density at radius 2 is 2.04 bits per heavy atom. The van der Waals surface area contributed by atoms with Gasteiger partial charge in [-0.25, -0.2) is 0 Å². The van der Waals surface area contributed by atoms with Crippen LogP contribution in [0.2, 0.25) is 0 Å². The number of carbonyl (C=O) groups is 1. The highest BCUT2D eigenvalue weighted by Crippen LogP contribution is 2.57. The number of hydrogen-bond acceptors (Lipinski definition) is 4. The van der Waals surface area contributed by atoms with Gasteiger partial charge in [-0.3, -0.25) is 4.79 Å². The van der Waals surface area contributed by atoms with Crippen molar-refractivity contribution >= 4 is 17.7 Å². The van der Waals surface area contributed by atoms with Gasteiger partial charge in [-0.05, 0) is 38.3 Å². The Morgan fingerprint density at radius 1 is 1.38 bits per heavy atom. The van der Waals surface area contributed by atoms with E-state index >= 15 is 0 Å². The molecule has 1 N–H and O–H groups in total. The summed E-state index contributed by atoms with van der Waals surface area (Å²) in [5.41, 5.74) is 0.778. The van der Waals surface area contributed by atoms with Crippen molar-refractivity contribution < 1.29 is 14.6 Å². The summed E-state index contributed by atoms with van der Waals surface area (Å²) < 4.78 is 5.68. The van der Waals surface area contributed by atoms with Crippen LogP contribution in [0.5, 0.6) is 0 Å². The largest absolute Gasteiger partial charge is 0.392 e. The highest BCUT2D eigenvalue weighted by molar-refractivity contribution is 8.00. The topological polar surface area (TPSA) is 49.8 Å². The molecule has 24 heavy (non-hydrogen) atoms. The van der Waals surface area contributed by atoms with Crippen molar-refractivity contribution in [3.05, 3.63) is 29.8 Å². The maximum Gasteiger partial charge on any atom is 0.232 e. The molecule has 2 fully saturated rings. The summed E-state index contributed by atoms with van der Waals surface area (Å²) >= 11 is 1.61. The summed E-state index contributed by atoms with van der Waals surface area (Å²) in [5.74, 6) is 0.660. The van der Waals surface area contributed by atoms with E-state index in [2.05, 4.69) is 26.0 Å². The smallest absolute Gasteiger partial charge is 0.232 e. The Labute approximate surface area is 148 Å². The van der Waals surface area contributed by atoms with Gasteiger partial charge in [-0.15, -0.1) is 11.8 Å². The molecule has 5 heteroatoms. The molecular weight excluding hydrogens is 322 g/mol. The molecule has 0 radical (unpaired) electrons. The molecule has 2 aliphatic rings. The first-order chi connectivity index (χ1) is 11.4. The van der Waals surface area contributed by atoms with Crippen molar-refractivity contribution in [2.75, 3.05) is 26.0 Å². The number of nitrogens with zero attached hydrogens (tertiary/aromatic N) is 1. The number of piperidine rings is 1. The lowest BCUT2D eigenvalue weighted by molar-refractivity contribution is -0.260. The van der Waals surface area contributed by atoms with E-state index in [9.17, 15) is 9.90 Å². The SMILES string of the molecule is CO[C@@]1(C)C[C@@H](O)C12CCN(C(=O)CSc1ccccc1C)CC2. The van der Waals surface area contributed by atoms with Crippen molar-refractivity contribution in [3.63, 3.8) is 0 Å². The number of carbonyl (C=O) groups excluding carboxylic acids is 1. The van der Waals surface area contributed by atoms with Crippen LogP contribution in [0.25, 0.3) is 0 Å². The highest BCUT2D eigenvalue weighted by atomic mass is 32.2. The molecule has 1 aliphatic heterocycles. The monoisotopic (exact) mass is 349 g/mol. The number of hydrogen-bond donors (Lipinski definition) is 1. The first kappa shape index (κ1) is 17.8. The first-order valence-corrected chi connectivity index (χ1v) is 9.60. The zero-order valence-corrected chi connectivity index (χ0v) is 15.6. The van der Waals surface area contributed by atoms with Crippen LogP contribution < -0.4 is 0 Å². The van der Waals surface area contributed by atoms with Gasteiger partial charge in [0.1, 0.15) is 0 Å². The fourth-order valence-corrected chi connectivity index (χ4v) is 5.17. The summed E-state index contributed by atoms with van der Waals surface area (Å²) in [5, 5.41) is 10.3. The fourth-order valence-electron chi connectivity index (χ4n) is 4.24. The Morgan fingerprint density at radius 3 is 2.62 bits per heavy atom. The molecule has 1 aromatic rings. The van der Waals surface area contributed by atoms with Gasteiger partial charge >= 0.3 is 0 Å². The van der Waals surface area contributed by atoms with E-state index in [0.717, 1.165) is 12.8 Å². The summed E-state index contributed by atoms with van der Waals surface area (Å²) in [6.07, 6.45) is 2.03. The van der Waals surface area contributed by atoms with Crippen molar-refractivity contribution in [2.24, 2.45) is 5.41 Å². The maximum atomic E-state index is 12.5. The van der Waals surface area contributed by atoms with Crippen LogP contribution in [0, 0.1) is 12.3 Å². The van der Waals surface area contributed by atoms with Crippen molar-refractivity contribution in [2.45, 2.75) is 49.7 Å². The van der Waals surface area contributed by atoms with Gasteiger partial charge in [0, 0.05) is 36.9 Å². The molecule has 1 spiro atoms. The molecule has 1 aliphatic carbocycles. The van der Waals surface area contributed by atoms with Gasteiger partial charge < -0.3 is 14.7 Å². The Hall–Kier alpha value is -1.04. The fraction of sp³-hybridized carbons (Fsp3) is 0.632. The van der Waals surface area contributed by atoms with E-state index in [-0.39, 0.29) is 23.0 Å². The second kappa shape index (κ2) is 6.70. The van der Waals surface area contributed by atoms with Gasteiger partial charge in [0.2, 0.25) is 5.91 Å². The molecule has 0 aromatic heterocycles. The van der Waals surface area contributed by atoms with Crippen LogP contribution in [-0.2, 0) is 9.53 Å². The number of aliphatic hydroxyl groups is 1. The third-order valence-corrected chi connectivity index (χ3v) is 7.34. The predicted octanol–water partition coefficient (Wildman–Crippen LogP) is 2.87. The minimum absolute atomic E-state index is 0.179. The van der Waals surface area contributed by atoms with Gasteiger partial charge in [0.25, 0.3) is 0 Å². The van der Waals surface area contributed by atoms with Crippen LogP contribution in [0.4, 0.5) is 0 Å². The number of aryl methyl sites for hydroxylation is 1. The Kier molecular flexibility index (Phi) is 4.96. The molecule has 1 heterocycles. The zero-order valence-electron chi connectivity index (χ0n) is 14.7. The number of ether oxygens (including phenoxy) is 1. The zero-order chi connectivity index (χ0) is 17.4. The average molecular weight is 349 g/mol. The minimum Gasteiger partial charge on any atom is -0.392 e. The number of methoxy groups -OCH3 is 1. The molecule has 1 aromatic carbocycles. The van der Waals surface area contributed by atoms with Crippen LogP contribution >= 0.6 is 11.8 Å². The van der Waals surface area contributed by atoms with Crippen LogP contribution in [0.3, 0.4) is 0 Å². The molecular formula is C19H27NO3S. The lowest BCUT2D eigenvalue weighted by atomic mass is 9.51. The van der Waals surface area contributed by atoms with E-state index in [0.29, 0.717) is 25.3 Å². The number of thioether (sulfide) groups is 1. The third kappa shape index (κ3) is 2.87. The maximum absolute atomic E-state index is 12.5. The summed E-state index contributed by atoms with van der Waals surface area (Å²) in [6, 6.07) is 8.16. The lowest BCUT2D eigenvalue weighted by Gasteiger charge is -2.62. The number of aliphatic hydroxyl groups excluding tert-OH is 1. The second-order valence-corrected chi connectivity index (χ2v) is 8.26. The van der Waals surface area contributed by atoms with Gasteiger partial charge in [0.15, 0.2) is 0 Å².